The fourth-order valence-corrected chi connectivity index (χ4v) is 4.42. The van der Waals surface area contributed by atoms with Crippen LogP contribution in [0.15, 0.2) is 47.4 Å². The smallest absolute Gasteiger partial charge is 0.351 e. The highest BCUT2D eigenvalue weighted by Gasteiger charge is 2.31. The number of anilines is 1. The average Bonchev–Trinajstić information content (AvgIpc) is 2.64. The Bertz CT molecular complexity index is 1090. The first-order chi connectivity index (χ1) is 14.6. The van der Waals surface area contributed by atoms with E-state index < -0.39 is 27.7 Å². The monoisotopic (exact) mass is 491 g/mol. The number of sulfonamides is 1. The van der Waals surface area contributed by atoms with Crippen LogP contribution in [-0.4, -0.2) is 46.4 Å². The van der Waals surface area contributed by atoms with Crippen molar-refractivity contribution in [1.82, 2.24) is 10.2 Å². The van der Waals surface area contributed by atoms with Crippen LogP contribution in [0, 0.1) is 5.41 Å². The molecular weight excluding hydrogens is 467 g/mol. The number of rotatable bonds is 8. The van der Waals surface area contributed by atoms with Gasteiger partial charge in [0.2, 0.25) is 0 Å². The Kier molecular flexibility index (Phi) is 7.85. The van der Waals surface area contributed by atoms with Crippen molar-refractivity contribution in [2.24, 2.45) is 5.41 Å². The van der Waals surface area contributed by atoms with E-state index >= 15 is 0 Å². The topological polar surface area (TPSA) is 78.5 Å². The summed E-state index contributed by atoms with van der Waals surface area (Å²) >= 11 is 6.10. The third-order valence-corrected chi connectivity index (χ3v) is 6.12. The number of alkyl halides is 3. The van der Waals surface area contributed by atoms with Gasteiger partial charge < -0.3 is 10.2 Å². The van der Waals surface area contributed by atoms with Crippen LogP contribution < -0.4 is 10.0 Å². The van der Waals surface area contributed by atoms with Crippen molar-refractivity contribution in [2.75, 3.05) is 31.9 Å². The van der Waals surface area contributed by atoms with Gasteiger partial charge in [0.15, 0.2) is 0 Å². The Labute approximate surface area is 190 Å². The van der Waals surface area contributed by atoms with Crippen LogP contribution >= 0.6 is 11.6 Å². The normalized spacial score (nSPS) is 12.7. The number of nitrogens with one attached hydrogen (secondary N) is 2. The van der Waals surface area contributed by atoms with Crippen molar-refractivity contribution in [3.63, 3.8) is 0 Å². The maximum atomic E-state index is 12.9. The minimum atomic E-state index is -4.62. The van der Waals surface area contributed by atoms with Gasteiger partial charge in [0.05, 0.1) is 21.0 Å². The van der Waals surface area contributed by atoms with E-state index in [1.54, 1.807) is 0 Å². The number of amides is 1. The van der Waals surface area contributed by atoms with E-state index in [1.165, 1.54) is 18.2 Å². The average molecular weight is 492 g/mol. The van der Waals surface area contributed by atoms with E-state index in [0.29, 0.717) is 19.2 Å². The van der Waals surface area contributed by atoms with Gasteiger partial charge >= 0.3 is 6.18 Å². The molecule has 0 bridgehead atoms. The fourth-order valence-electron chi connectivity index (χ4n) is 3.15. The molecule has 176 valence electrons. The molecule has 2 aromatic carbocycles. The molecule has 2 aromatic rings. The third kappa shape index (κ3) is 7.11. The lowest BCUT2D eigenvalue weighted by atomic mass is 9.93. The summed E-state index contributed by atoms with van der Waals surface area (Å²) < 4.78 is 66.2. The van der Waals surface area contributed by atoms with Crippen molar-refractivity contribution in [1.29, 1.82) is 0 Å². The van der Waals surface area contributed by atoms with Crippen molar-refractivity contribution >= 4 is 33.2 Å². The molecular formula is C21H25ClF3N3O3S. The van der Waals surface area contributed by atoms with Crippen LogP contribution in [0.25, 0.3) is 0 Å². The van der Waals surface area contributed by atoms with Gasteiger partial charge in [0.25, 0.3) is 15.9 Å². The van der Waals surface area contributed by atoms with E-state index in [-0.39, 0.29) is 26.6 Å². The molecule has 0 atom stereocenters. The minimum absolute atomic E-state index is 0.0472. The quantitative estimate of drug-likeness (QED) is 0.571. The summed E-state index contributed by atoms with van der Waals surface area (Å²) in [5.74, 6) is -0.557. The van der Waals surface area contributed by atoms with Gasteiger partial charge in [-0.1, -0.05) is 31.5 Å². The molecule has 0 fully saturated rings. The van der Waals surface area contributed by atoms with Crippen LogP contribution in [-0.2, 0) is 16.2 Å². The molecule has 0 spiro atoms. The number of carbonyl (C=O) groups is 1. The van der Waals surface area contributed by atoms with E-state index in [4.69, 9.17) is 11.6 Å². The Morgan fingerprint density at radius 2 is 1.75 bits per heavy atom. The predicted octanol–water partition coefficient (Wildman–Crippen LogP) is 4.48. The molecule has 32 heavy (non-hydrogen) atoms. The molecule has 0 radical (unpaired) electrons. The van der Waals surface area contributed by atoms with Crippen molar-refractivity contribution in [3.05, 3.63) is 58.6 Å². The summed E-state index contributed by atoms with van der Waals surface area (Å²) in [5.41, 5.74) is -1.56. The first-order valence-electron chi connectivity index (χ1n) is 9.53. The van der Waals surface area contributed by atoms with Gasteiger partial charge in [-0.05, 0) is 55.9 Å². The largest absolute Gasteiger partial charge is 0.416 e. The second kappa shape index (κ2) is 9.68. The highest BCUT2D eigenvalue weighted by atomic mass is 35.5. The maximum Gasteiger partial charge on any atom is 0.416 e. The molecule has 0 aliphatic rings. The highest BCUT2D eigenvalue weighted by molar-refractivity contribution is 7.92. The molecule has 11 heteroatoms. The molecule has 1 amide bonds. The van der Waals surface area contributed by atoms with E-state index in [1.807, 2.05) is 32.8 Å². The first kappa shape index (κ1) is 26.0. The molecule has 0 aromatic heterocycles. The number of hydrogen-bond donors (Lipinski definition) is 2. The van der Waals surface area contributed by atoms with Crippen LogP contribution in [0.4, 0.5) is 18.9 Å². The van der Waals surface area contributed by atoms with E-state index in [9.17, 15) is 26.4 Å². The summed E-state index contributed by atoms with van der Waals surface area (Å²) in [4.78, 5) is 14.3. The number of nitrogens with zero attached hydrogens (tertiary/aromatic N) is 1. The zero-order valence-electron chi connectivity index (χ0n) is 18.0. The van der Waals surface area contributed by atoms with Crippen LogP contribution in [0.2, 0.25) is 5.02 Å². The number of carbonyl (C=O) groups excluding carboxylic acids is 1. The minimum Gasteiger partial charge on any atom is -0.351 e. The van der Waals surface area contributed by atoms with Gasteiger partial charge in [-0.25, -0.2) is 8.42 Å². The Balaban J connectivity index is 2.25. The van der Waals surface area contributed by atoms with Crippen LogP contribution in [0.5, 0.6) is 0 Å². The van der Waals surface area contributed by atoms with E-state index in [0.717, 1.165) is 18.2 Å². The number of halogens is 4. The molecule has 0 unspecified atom stereocenters. The second-order valence-electron chi connectivity index (χ2n) is 8.41. The van der Waals surface area contributed by atoms with Crippen LogP contribution in [0.1, 0.15) is 29.8 Å². The molecule has 0 heterocycles. The fraction of sp³-hybridized carbons (Fsp3) is 0.381. The van der Waals surface area contributed by atoms with Crippen molar-refractivity contribution < 1.29 is 26.4 Å². The molecule has 0 saturated carbocycles. The number of hydrogen-bond acceptors (Lipinski definition) is 4. The number of benzene rings is 2. The predicted molar refractivity (Wildman–Crippen MR) is 118 cm³/mol. The Hall–Kier alpha value is -2.30. The zero-order valence-corrected chi connectivity index (χ0v) is 19.6. The molecule has 6 nitrogen and oxygen atoms in total. The molecule has 0 saturated heterocycles. The lowest BCUT2D eigenvalue weighted by molar-refractivity contribution is -0.137. The summed E-state index contributed by atoms with van der Waals surface area (Å²) in [6.07, 6.45) is -4.62. The standard InChI is InChI=1S/C21H25ClF3N3O3S/c1-20(2,13-28(3)4)12-26-19(29)17-11-16(8-9-18(17)22)32(30,31)27-15-7-5-6-14(10-15)21(23,24)25/h5-11,27H,12-13H2,1-4H3,(H,26,29). The maximum absolute atomic E-state index is 12.9. The highest BCUT2D eigenvalue weighted by Crippen LogP contribution is 2.31. The van der Waals surface area contributed by atoms with Crippen molar-refractivity contribution in [3.8, 4) is 0 Å². The van der Waals surface area contributed by atoms with Gasteiger partial charge in [-0.3, -0.25) is 9.52 Å². The third-order valence-electron chi connectivity index (χ3n) is 4.41. The van der Waals surface area contributed by atoms with Gasteiger partial charge in [0.1, 0.15) is 0 Å². The lowest BCUT2D eigenvalue weighted by Crippen LogP contribution is -2.40. The van der Waals surface area contributed by atoms with Crippen LogP contribution in [0.3, 0.4) is 0 Å². The molecule has 2 rings (SSSR count). The SMILES string of the molecule is CN(C)CC(C)(C)CNC(=O)c1cc(S(=O)(=O)Nc2cccc(C(F)(F)F)c2)ccc1Cl. The molecule has 2 N–H and O–H groups in total. The van der Waals surface area contributed by atoms with Gasteiger partial charge in [-0.15, -0.1) is 0 Å². The molecule has 0 aliphatic heterocycles. The van der Waals surface area contributed by atoms with Gasteiger partial charge in [0, 0.05) is 18.8 Å². The second-order valence-corrected chi connectivity index (χ2v) is 10.5. The lowest BCUT2D eigenvalue weighted by Gasteiger charge is -2.28. The van der Waals surface area contributed by atoms with Gasteiger partial charge in [-0.2, -0.15) is 13.2 Å². The van der Waals surface area contributed by atoms with Crippen molar-refractivity contribution in [2.45, 2.75) is 24.9 Å². The summed E-state index contributed by atoms with van der Waals surface area (Å²) in [6, 6.07) is 7.33. The molecule has 0 aliphatic carbocycles. The Morgan fingerprint density at radius 1 is 1.09 bits per heavy atom. The zero-order chi connectivity index (χ0) is 24.3. The summed E-state index contributed by atoms with van der Waals surface area (Å²) in [5, 5.41) is 2.79. The first-order valence-corrected chi connectivity index (χ1v) is 11.4. The Morgan fingerprint density at radius 3 is 2.34 bits per heavy atom. The summed E-state index contributed by atoms with van der Waals surface area (Å²) in [7, 11) is -0.452. The summed E-state index contributed by atoms with van der Waals surface area (Å²) in [6.45, 7) is 4.96. The van der Waals surface area contributed by atoms with E-state index in [2.05, 4.69) is 10.0 Å².